The minimum Gasteiger partial charge on any atom is -0.379 e. The predicted molar refractivity (Wildman–Crippen MR) is 83.1 cm³/mol. The second-order valence-electron chi connectivity index (χ2n) is 6.61. The van der Waals surface area contributed by atoms with Crippen LogP contribution >= 0.6 is 0 Å². The highest BCUT2D eigenvalue weighted by molar-refractivity contribution is 5.79. The molecular formula is C17H31NO3. The summed E-state index contributed by atoms with van der Waals surface area (Å²) in [4.78, 5) is 12.4. The van der Waals surface area contributed by atoms with Gasteiger partial charge in [0.25, 0.3) is 0 Å². The van der Waals surface area contributed by atoms with Crippen LogP contribution in [-0.4, -0.2) is 38.4 Å². The standard InChI is InChI=1S/C17H31NO3/c1-3-4-5-13-6-8-14(9-7-13)17(19)18-15-10-11-21-12-16(15)20-2/h13-16H,3-12H2,1-2H3,(H,18,19)/t13?,14?,15-,16-/m0/s1. The minimum atomic E-state index is 0.00333. The molecule has 122 valence electrons. The molecule has 0 aromatic heterocycles. The quantitative estimate of drug-likeness (QED) is 0.820. The summed E-state index contributed by atoms with van der Waals surface area (Å²) >= 11 is 0. The summed E-state index contributed by atoms with van der Waals surface area (Å²) in [7, 11) is 1.69. The monoisotopic (exact) mass is 297 g/mol. The summed E-state index contributed by atoms with van der Waals surface area (Å²) in [5, 5.41) is 3.20. The lowest BCUT2D eigenvalue weighted by atomic mass is 9.79. The number of unbranched alkanes of at least 4 members (excludes halogenated alkanes) is 1. The van der Waals surface area contributed by atoms with Gasteiger partial charge in [-0.1, -0.05) is 26.2 Å². The Labute approximate surface area is 129 Å². The number of carbonyl (C=O) groups excluding carboxylic acids is 1. The number of hydrogen-bond acceptors (Lipinski definition) is 3. The number of hydrogen-bond donors (Lipinski definition) is 1. The summed E-state index contributed by atoms with van der Waals surface area (Å²) in [6.07, 6.45) is 9.37. The van der Waals surface area contributed by atoms with Gasteiger partial charge in [0.05, 0.1) is 12.6 Å². The van der Waals surface area contributed by atoms with Crippen molar-refractivity contribution >= 4 is 5.91 Å². The van der Waals surface area contributed by atoms with Gasteiger partial charge in [-0.25, -0.2) is 0 Å². The molecule has 21 heavy (non-hydrogen) atoms. The van der Waals surface area contributed by atoms with Crippen LogP contribution in [0, 0.1) is 11.8 Å². The van der Waals surface area contributed by atoms with Gasteiger partial charge in [-0.05, 0) is 38.0 Å². The number of rotatable bonds is 6. The molecular weight excluding hydrogens is 266 g/mol. The molecule has 0 unspecified atom stereocenters. The summed E-state index contributed by atoms with van der Waals surface area (Å²) in [6, 6.07) is 0.120. The first-order valence-corrected chi connectivity index (χ1v) is 8.65. The van der Waals surface area contributed by atoms with Crippen molar-refractivity contribution in [2.45, 2.75) is 70.4 Å². The van der Waals surface area contributed by atoms with E-state index in [1.807, 2.05) is 0 Å². The molecule has 2 fully saturated rings. The maximum Gasteiger partial charge on any atom is 0.223 e. The molecule has 2 aliphatic rings. The van der Waals surface area contributed by atoms with E-state index in [2.05, 4.69) is 12.2 Å². The van der Waals surface area contributed by atoms with E-state index in [0.717, 1.165) is 25.2 Å². The highest BCUT2D eigenvalue weighted by atomic mass is 16.5. The number of amides is 1. The Hall–Kier alpha value is -0.610. The van der Waals surface area contributed by atoms with Gasteiger partial charge in [0, 0.05) is 19.6 Å². The van der Waals surface area contributed by atoms with Crippen molar-refractivity contribution < 1.29 is 14.3 Å². The fourth-order valence-electron chi connectivity index (χ4n) is 3.62. The average Bonchev–Trinajstić information content (AvgIpc) is 2.54. The van der Waals surface area contributed by atoms with E-state index in [1.54, 1.807) is 7.11 Å². The maximum atomic E-state index is 12.4. The van der Waals surface area contributed by atoms with Crippen LogP contribution < -0.4 is 5.32 Å². The summed E-state index contributed by atoms with van der Waals surface area (Å²) in [6.45, 7) is 3.55. The van der Waals surface area contributed by atoms with Gasteiger partial charge >= 0.3 is 0 Å². The van der Waals surface area contributed by atoms with Crippen LogP contribution in [-0.2, 0) is 14.3 Å². The predicted octanol–water partition coefficient (Wildman–Crippen LogP) is 2.90. The van der Waals surface area contributed by atoms with Crippen LogP contribution in [0.2, 0.25) is 0 Å². The first-order valence-electron chi connectivity index (χ1n) is 8.65. The van der Waals surface area contributed by atoms with Crippen molar-refractivity contribution in [2.75, 3.05) is 20.3 Å². The normalized spacial score (nSPS) is 33.6. The minimum absolute atomic E-state index is 0.00333. The first-order chi connectivity index (χ1) is 10.2. The molecule has 1 aliphatic heterocycles. The summed E-state index contributed by atoms with van der Waals surface area (Å²) in [5.41, 5.74) is 0. The lowest BCUT2D eigenvalue weighted by Gasteiger charge is -2.33. The van der Waals surface area contributed by atoms with Crippen molar-refractivity contribution in [3.63, 3.8) is 0 Å². The third kappa shape index (κ3) is 4.96. The topological polar surface area (TPSA) is 47.6 Å². The van der Waals surface area contributed by atoms with Gasteiger partial charge in [-0.2, -0.15) is 0 Å². The lowest BCUT2D eigenvalue weighted by Crippen LogP contribution is -2.51. The van der Waals surface area contributed by atoms with Crippen LogP contribution in [0.5, 0.6) is 0 Å². The molecule has 0 aromatic carbocycles. The van der Waals surface area contributed by atoms with Crippen LogP contribution in [0.3, 0.4) is 0 Å². The Balaban J connectivity index is 1.74. The summed E-state index contributed by atoms with van der Waals surface area (Å²) < 4.78 is 10.8. The van der Waals surface area contributed by atoms with E-state index in [1.165, 1.54) is 32.1 Å². The Bertz CT molecular complexity index is 313. The van der Waals surface area contributed by atoms with E-state index >= 15 is 0 Å². The molecule has 1 N–H and O–H groups in total. The Morgan fingerprint density at radius 2 is 2.00 bits per heavy atom. The smallest absolute Gasteiger partial charge is 0.223 e. The molecule has 1 amide bonds. The number of ether oxygens (including phenoxy) is 2. The van der Waals surface area contributed by atoms with Crippen LogP contribution in [0.4, 0.5) is 0 Å². The van der Waals surface area contributed by atoms with Gasteiger partial charge in [-0.3, -0.25) is 4.79 Å². The lowest BCUT2D eigenvalue weighted by molar-refractivity contribution is -0.130. The fourth-order valence-corrected chi connectivity index (χ4v) is 3.62. The molecule has 0 spiro atoms. The van der Waals surface area contributed by atoms with Crippen molar-refractivity contribution in [3.05, 3.63) is 0 Å². The highest BCUT2D eigenvalue weighted by Gasteiger charge is 2.31. The molecule has 1 aliphatic carbocycles. The third-order valence-electron chi connectivity index (χ3n) is 5.12. The van der Waals surface area contributed by atoms with Crippen molar-refractivity contribution in [1.29, 1.82) is 0 Å². The average molecular weight is 297 g/mol. The second kappa shape index (κ2) is 8.74. The van der Waals surface area contributed by atoms with E-state index in [-0.39, 0.29) is 24.0 Å². The van der Waals surface area contributed by atoms with E-state index in [9.17, 15) is 4.79 Å². The van der Waals surface area contributed by atoms with Crippen molar-refractivity contribution in [1.82, 2.24) is 5.32 Å². The van der Waals surface area contributed by atoms with Gasteiger partial charge in [0.15, 0.2) is 0 Å². The highest BCUT2D eigenvalue weighted by Crippen LogP contribution is 2.32. The van der Waals surface area contributed by atoms with E-state index < -0.39 is 0 Å². The second-order valence-corrected chi connectivity index (χ2v) is 6.61. The Kier molecular flexibility index (Phi) is 6.97. The SMILES string of the molecule is CCCCC1CCC(C(=O)N[C@H]2CCOC[C@@H]2OC)CC1. The molecule has 1 saturated carbocycles. The van der Waals surface area contributed by atoms with Gasteiger partial charge in [0.1, 0.15) is 6.10 Å². The fraction of sp³-hybridized carbons (Fsp3) is 0.941. The van der Waals surface area contributed by atoms with E-state index in [4.69, 9.17) is 9.47 Å². The molecule has 4 heteroatoms. The van der Waals surface area contributed by atoms with Crippen molar-refractivity contribution in [3.8, 4) is 0 Å². The van der Waals surface area contributed by atoms with Crippen LogP contribution in [0.25, 0.3) is 0 Å². The molecule has 0 radical (unpaired) electrons. The maximum absolute atomic E-state index is 12.4. The molecule has 0 bridgehead atoms. The molecule has 0 aromatic rings. The molecule has 2 atom stereocenters. The van der Waals surface area contributed by atoms with E-state index in [0.29, 0.717) is 13.2 Å². The first kappa shape index (κ1) is 16.8. The third-order valence-corrected chi connectivity index (χ3v) is 5.12. The zero-order valence-corrected chi connectivity index (χ0v) is 13.6. The summed E-state index contributed by atoms with van der Waals surface area (Å²) in [5.74, 6) is 1.30. The van der Waals surface area contributed by atoms with Crippen LogP contribution in [0.1, 0.15) is 58.3 Å². The number of nitrogens with one attached hydrogen (secondary N) is 1. The molecule has 4 nitrogen and oxygen atoms in total. The van der Waals surface area contributed by atoms with Gasteiger partial charge in [-0.15, -0.1) is 0 Å². The number of carbonyl (C=O) groups is 1. The zero-order chi connectivity index (χ0) is 15.1. The Morgan fingerprint density at radius 3 is 2.67 bits per heavy atom. The zero-order valence-electron chi connectivity index (χ0n) is 13.6. The largest absolute Gasteiger partial charge is 0.379 e. The number of methoxy groups -OCH3 is 1. The van der Waals surface area contributed by atoms with Gasteiger partial charge < -0.3 is 14.8 Å². The van der Waals surface area contributed by atoms with Crippen molar-refractivity contribution in [2.24, 2.45) is 11.8 Å². The molecule has 1 heterocycles. The Morgan fingerprint density at radius 1 is 1.24 bits per heavy atom. The molecule has 1 saturated heterocycles. The van der Waals surface area contributed by atoms with Gasteiger partial charge in [0.2, 0.25) is 5.91 Å². The molecule has 2 rings (SSSR count). The van der Waals surface area contributed by atoms with Crippen LogP contribution in [0.15, 0.2) is 0 Å².